The van der Waals surface area contributed by atoms with Crippen LogP contribution >= 0.6 is 11.6 Å². The first kappa shape index (κ1) is 17.1. The van der Waals surface area contributed by atoms with Crippen molar-refractivity contribution in [3.8, 4) is 17.2 Å². The molecule has 0 unspecified atom stereocenters. The highest BCUT2D eigenvalue weighted by molar-refractivity contribution is 6.30. The van der Waals surface area contributed by atoms with Crippen molar-refractivity contribution in [3.63, 3.8) is 0 Å². The number of hydrogen-bond donors (Lipinski definition) is 0. The number of aromatic nitrogens is 1. The maximum absolute atomic E-state index is 6.15. The quantitative estimate of drug-likeness (QED) is 0.651. The Morgan fingerprint density at radius 1 is 1.15 bits per heavy atom. The van der Waals surface area contributed by atoms with E-state index in [1.165, 1.54) is 0 Å². The molecule has 26 heavy (non-hydrogen) atoms. The van der Waals surface area contributed by atoms with Gasteiger partial charge in [0.15, 0.2) is 0 Å². The van der Waals surface area contributed by atoms with Gasteiger partial charge in [-0.05, 0) is 43.7 Å². The summed E-state index contributed by atoms with van der Waals surface area (Å²) >= 11 is 6.15. The van der Waals surface area contributed by atoms with Crippen LogP contribution in [-0.2, 0) is 13.1 Å². The molecule has 1 aliphatic heterocycles. The summed E-state index contributed by atoms with van der Waals surface area (Å²) in [4.78, 5) is 7.08. The Kier molecular flexibility index (Phi) is 4.70. The van der Waals surface area contributed by atoms with Gasteiger partial charge >= 0.3 is 0 Å². The lowest BCUT2D eigenvalue weighted by Crippen LogP contribution is -2.25. The summed E-state index contributed by atoms with van der Waals surface area (Å²) in [6.07, 6.45) is 0. The first-order chi connectivity index (χ1) is 12.6. The molecule has 0 fully saturated rings. The van der Waals surface area contributed by atoms with Crippen molar-refractivity contribution in [2.75, 3.05) is 13.2 Å². The molecular weight excluding hydrogens is 348 g/mol. The molecule has 4 nitrogen and oxygen atoms in total. The molecular formula is C21H21ClN2O2. The number of hydrogen-bond acceptors (Lipinski definition) is 4. The van der Waals surface area contributed by atoms with E-state index in [-0.39, 0.29) is 0 Å². The van der Waals surface area contributed by atoms with Gasteiger partial charge in [0.1, 0.15) is 18.1 Å². The predicted octanol–water partition coefficient (Wildman–Crippen LogP) is 5.01. The molecule has 0 radical (unpaired) electrons. The summed E-state index contributed by atoms with van der Waals surface area (Å²) in [6.45, 7) is 7.03. The molecule has 0 saturated carbocycles. The predicted molar refractivity (Wildman–Crippen MR) is 102 cm³/mol. The Balaban J connectivity index is 1.57. The third-order valence-corrected chi connectivity index (χ3v) is 4.96. The van der Waals surface area contributed by atoms with E-state index < -0.39 is 0 Å². The van der Waals surface area contributed by atoms with Crippen molar-refractivity contribution in [2.45, 2.75) is 26.9 Å². The van der Waals surface area contributed by atoms with Gasteiger partial charge in [0.2, 0.25) is 5.89 Å². The van der Waals surface area contributed by atoms with Gasteiger partial charge in [0.25, 0.3) is 0 Å². The van der Waals surface area contributed by atoms with Crippen LogP contribution in [-0.4, -0.2) is 23.0 Å². The smallest absolute Gasteiger partial charge is 0.226 e. The van der Waals surface area contributed by atoms with Gasteiger partial charge in [-0.15, -0.1) is 0 Å². The zero-order chi connectivity index (χ0) is 18.1. The summed E-state index contributed by atoms with van der Waals surface area (Å²) in [6, 6.07) is 13.9. The zero-order valence-corrected chi connectivity index (χ0v) is 15.7. The number of halogens is 1. The van der Waals surface area contributed by atoms with Gasteiger partial charge in [-0.3, -0.25) is 4.90 Å². The molecule has 0 saturated heterocycles. The summed E-state index contributed by atoms with van der Waals surface area (Å²) in [5, 5.41) is 0.730. The average Bonchev–Trinajstić information content (AvgIpc) is 2.85. The first-order valence-electron chi connectivity index (χ1n) is 8.76. The third kappa shape index (κ3) is 3.48. The van der Waals surface area contributed by atoms with Crippen LogP contribution in [0.25, 0.3) is 11.5 Å². The molecule has 0 spiro atoms. The minimum Gasteiger partial charge on any atom is -0.492 e. The Labute approximate surface area is 158 Å². The fourth-order valence-corrected chi connectivity index (χ4v) is 3.46. The van der Waals surface area contributed by atoms with Crippen molar-refractivity contribution in [1.29, 1.82) is 0 Å². The lowest BCUT2D eigenvalue weighted by atomic mass is 10.1. The molecule has 2 aromatic carbocycles. The molecule has 134 valence electrons. The highest BCUT2D eigenvalue weighted by Crippen LogP contribution is 2.29. The maximum Gasteiger partial charge on any atom is 0.226 e. The molecule has 1 aromatic heterocycles. The number of ether oxygens (including phenoxy) is 1. The van der Waals surface area contributed by atoms with E-state index in [2.05, 4.69) is 17.9 Å². The second-order valence-corrected chi connectivity index (χ2v) is 7.08. The minimum atomic E-state index is 0.649. The normalized spacial score (nSPS) is 14.6. The summed E-state index contributed by atoms with van der Waals surface area (Å²) in [5.41, 5.74) is 4.27. The van der Waals surface area contributed by atoms with Crippen molar-refractivity contribution >= 4 is 11.6 Å². The fraction of sp³-hybridized carbons (Fsp3) is 0.286. The number of fused-ring (bicyclic) bond motifs is 1. The molecule has 0 atom stereocenters. The molecule has 1 aliphatic rings. The average molecular weight is 369 g/mol. The van der Waals surface area contributed by atoms with E-state index in [4.69, 9.17) is 25.7 Å². The largest absolute Gasteiger partial charge is 0.492 e. The summed E-state index contributed by atoms with van der Waals surface area (Å²) < 4.78 is 11.8. The van der Waals surface area contributed by atoms with E-state index in [9.17, 15) is 0 Å². The third-order valence-electron chi connectivity index (χ3n) is 4.72. The van der Waals surface area contributed by atoms with Gasteiger partial charge < -0.3 is 9.15 Å². The van der Waals surface area contributed by atoms with Crippen LogP contribution in [0, 0.1) is 13.8 Å². The van der Waals surface area contributed by atoms with E-state index in [0.29, 0.717) is 12.5 Å². The van der Waals surface area contributed by atoms with Gasteiger partial charge in [-0.25, -0.2) is 4.98 Å². The number of rotatable bonds is 3. The lowest BCUT2D eigenvalue weighted by Gasteiger charge is -2.18. The van der Waals surface area contributed by atoms with Crippen molar-refractivity contribution in [2.24, 2.45) is 0 Å². The highest BCUT2D eigenvalue weighted by Gasteiger charge is 2.19. The van der Waals surface area contributed by atoms with Gasteiger partial charge in [0.05, 0.1) is 5.69 Å². The second kappa shape index (κ2) is 7.14. The number of oxazole rings is 1. The highest BCUT2D eigenvalue weighted by atomic mass is 35.5. The molecule has 3 aromatic rings. The first-order valence-corrected chi connectivity index (χ1v) is 9.14. The van der Waals surface area contributed by atoms with Crippen LogP contribution in [0.15, 0.2) is 46.9 Å². The van der Waals surface area contributed by atoms with Crippen molar-refractivity contribution in [1.82, 2.24) is 9.88 Å². The summed E-state index contributed by atoms with van der Waals surface area (Å²) in [7, 11) is 0. The Morgan fingerprint density at radius 3 is 2.85 bits per heavy atom. The minimum absolute atomic E-state index is 0.649. The van der Waals surface area contributed by atoms with Gasteiger partial charge in [-0.1, -0.05) is 29.8 Å². The van der Waals surface area contributed by atoms with Crippen LogP contribution in [0.1, 0.15) is 22.6 Å². The van der Waals surface area contributed by atoms with Crippen LogP contribution in [0.5, 0.6) is 5.75 Å². The molecule has 0 amide bonds. The van der Waals surface area contributed by atoms with Crippen LogP contribution < -0.4 is 4.74 Å². The Hall–Kier alpha value is -2.30. The molecule has 0 aliphatic carbocycles. The van der Waals surface area contributed by atoms with Crippen LogP contribution in [0.2, 0.25) is 5.02 Å². The fourth-order valence-electron chi connectivity index (χ4n) is 3.27. The Bertz CT molecular complexity index is 936. The molecule has 0 N–H and O–H groups in total. The van der Waals surface area contributed by atoms with E-state index in [1.807, 2.05) is 43.3 Å². The SMILES string of the molecule is Cc1ccccc1-c1nc(CN2CCOc3ccc(Cl)cc3C2)c(C)o1. The number of nitrogens with zero attached hydrogens (tertiary/aromatic N) is 2. The molecule has 0 bridgehead atoms. The molecule has 4 rings (SSSR count). The van der Waals surface area contributed by atoms with Gasteiger partial charge in [0, 0.05) is 35.8 Å². The topological polar surface area (TPSA) is 38.5 Å². The number of benzene rings is 2. The van der Waals surface area contributed by atoms with Crippen molar-refractivity contribution < 1.29 is 9.15 Å². The lowest BCUT2D eigenvalue weighted by molar-refractivity contribution is 0.217. The van der Waals surface area contributed by atoms with Gasteiger partial charge in [-0.2, -0.15) is 0 Å². The maximum atomic E-state index is 6.15. The Morgan fingerprint density at radius 2 is 2.00 bits per heavy atom. The summed E-state index contributed by atoms with van der Waals surface area (Å²) in [5.74, 6) is 2.46. The number of aryl methyl sites for hydroxylation is 2. The van der Waals surface area contributed by atoms with Crippen molar-refractivity contribution in [3.05, 3.63) is 70.1 Å². The second-order valence-electron chi connectivity index (χ2n) is 6.65. The monoisotopic (exact) mass is 368 g/mol. The molecule has 2 heterocycles. The zero-order valence-electron chi connectivity index (χ0n) is 15.0. The standard InChI is InChI=1S/C21H21ClN2O2/c1-14-5-3-4-6-18(14)21-23-19(15(2)26-21)13-24-9-10-25-20-8-7-17(22)11-16(20)12-24/h3-8,11H,9-10,12-13H2,1-2H3. The molecule has 5 heteroatoms. The van der Waals surface area contributed by atoms with Crippen LogP contribution in [0.4, 0.5) is 0 Å². The van der Waals surface area contributed by atoms with E-state index in [0.717, 1.165) is 58.6 Å². The van der Waals surface area contributed by atoms with E-state index in [1.54, 1.807) is 0 Å². The van der Waals surface area contributed by atoms with E-state index >= 15 is 0 Å². The van der Waals surface area contributed by atoms with Crippen LogP contribution in [0.3, 0.4) is 0 Å².